The number of carbonyl (C=O) groups is 1. The Morgan fingerprint density at radius 2 is 1.80 bits per heavy atom. The van der Waals surface area contributed by atoms with Crippen molar-refractivity contribution in [2.45, 2.75) is 84.0 Å². The van der Waals surface area contributed by atoms with E-state index in [1.165, 1.54) is 32.1 Å². The van der Waals surface area contributed by atoms with Crippen molar-refractivity contribution in [2.24, 2.45) is 0 Å². The fourth-order valence-corrected chi connectivity index (χ4v) is 2.94. The monoisotopic (exact) mass is 283 g/mol. The highest BCUT2D eigenvalue weighted by atomic mass is 16.2. The van der Waals surface area contributed by atoms with Crippen LogP contribution in [0.15, 0.2) is 0 Å². The maximum Gasteiger partial charge on any atom is 0.237 e. The molecular formula is C16H33N3O. The van der Waals surface area contributed by atoms with Crippen molar-refractivity contribution in [1.82, 2.24) is 15.5 Å². The van der Waals surface area contributed by atoms with Crippen LogP contribution in [-0.2, 0) is 4.79 Å². The Morgan fingerprint density at radius 3 is 2.30 bits per heavy atom. The van der Waals surface area contributed by atoms with Crippen molar-refractivity contribution >= 4 is 5.91 Å². The van der Waals surface area contributed by atoms with E-state index in [-0.39, 0.29) is 18.0 Å². The predicted octanol–water partition coefficient (Wildman–Crippen LogP) is 2.14. The van der Waals surface area contributed by atoms with E-state index in [1.54, 1.807) is 0 Å². The second-order valence-corrected chi connectivity index (χ2v) is 6.46. The lowest BCUT2D eigenvalue weighted by atomic mass is 9.89. The molecule has 4 nitrogen and oxygen atoms in total. The van der Waals surface area contributed by atoms with Crippen molar-refractivity contribution in [1.29, 1.82) is 0 Å². The van der Waals surface area contributed by atoms with E-state index in [1.807, 2.05) is 20.8 Å². The molecule has 1 saturated carbocycles. The summed E-state index contributed by atoms with van der Waals surface area (Å²) in [6.45, 7) is 9.36. The summed E-state index contributed by atoms with van der Waals surface area (Å²) in [4.78, 5) is 14.3. The first kappa shape index (κ1) is 17.4. The zero-order valence-electron chi connectivity index (χ0n) is 13.9. The normalized spacial score (nSPS) is 24.9. The molecule has 0 aromatic heterocycles. The van der Waals surface area contributed by atoms with E-state index in [9.17, 15) is 4.79 Å². The number of rotatable bonds is 7. The molecule has 118 valence electrons. The van der Waals surface area contributed by atoms with Gasteiger partial charge in [0, 0.05) is 18.1 Å². The van der Waals surface area contributed by atoms with Gasteiger partial charge in [0.1, 0.15) is 0 Å². The molecule has 1 aliphatic carbocycles. The number of amides is 1. The van der Waals surface area contributed by atoms with Gasteiger partial charge >= 0.3 is 0 Å². The van der Waals surface area contributed by atoms with Gasteiger partial charge in [0.05, 0.1) is 6.04 Å². The molecule has 0 aliphatic heterocycles. The van der Waals surface area contributed by atoms with Crippen molar-refractivity contribution in [3.63, 3.8) is 0 Å². The van der Waals surface area contributed by atoms with Crippen LogP contribution in [0.3, 0.4) is 0 Å². The quantitative estimate of drug-likeness (QED) is 0.752. The number of nitrogens with one attached hydrogen (secondary N) is 2. The van der Waals surface area contributed by atoms with Crippen LogP contribution in [0, 0.1) is 0 Å². The molecule has 0 aromatic carbocycles. The summed E-state index contributed by atoms with van der Waals surface area (Å²) in [6.07, 6.45) is 6.04. The van der Waals surface area contributed by atoms with Crippen LogP contribution < -0.4 is 10.6 Å². The van der Waals surface area contributed by atoms with E-state index >= 15 is 0 Å². The lowest BCUT2D eigenvalue weighted by Crippen LogP contribution is -2.51. The second-order valence-electron chi connectivity index (χ2n) is 6.46. The summed E-state index contributed by atoms with van der Waals surface area (Å²) in [5, 5.41) is 6.62. The Kier molecular flexibility index (Phi) is 7.52. The van der Waals surface area contributed by atoms with Crippen molar-refractivity contribution < 1.29 is 4.79 Å². The Morgan fingerprint density at radius 1 is 1.20 bits per heavy atom. The molecule has 0 spiro atoms. The zero-order valence-corrected chi connectivity index (χ0v) is 13.9. The summed E-state index contributed by atoms with van der Waals surface area (Å²) < 4.78 is 0. The van der Waals surface area contributed by atoms with Crippen LogP contribution in [-0.4, -0.2) is 48.6 Å². The first-order valence-electron chi connectivity index (χ1n) is 8.21. The van der Waals surface area contributed by atoms with Crippen LogP contribution in [0.1, 0.15) is 59.8 Å². The molecule has 1 unspecified atom stereocenters. The highest BCUT2D eigenvalue weighted by Crippen LogP contribution is 2.23. The molecule has 0 heterocycles. The molecule has 0 saturated heterocycles. The number of hydrogen-bond donors (Lipinski definition) is 2. The van der Waals surface area contributed by atoms with Crippen LogP contribution in [0.25, 0.3) is 0 Å². The fraction of sp³-hybridized carbons (Fsp3) is 0.938. The largest absolute Gasteiger partial charge is 0.353 e. The van der Waals surface area contributed by atoms with E-state index < -0.39 is 0 Å². The lowest BCUT2D eigenvalue weighted by Gasteiger charge is -2.37. The predicted molar refractivity (Wildman–Crippen MR) is 84.8 cm³/mol. The number of likely N-dealkylation sites (N-methyl/N-ethyl adjacent to an activating group) is 1. The van der Waals surface area contributed by atoms with Gasteiger partial charge in [-0.15, -0.1) is 0 Å². The van der Waals surface area contributed by atoms with Gasteiger partial charge in [-0.1, -0.05) is 6.92 Å². The Balaban J connectivity index is 2.37. The zero-order chi connectivity index (χ0) is 15.1. The average molecular weight is 283 g/mol. The molecule has 0 radical (unpaired) electrons. The minimum Gasteiger partial charge on any atom is -0.353 e. The average Bonchev–Trinajstić information content (AvgIpc) is 2.43. The number of nitrogens with zero attached hydrogens (tertiary/aromatic N) is 1. The standard InChI is InChI=1S/C16H33N3O/c1-6-11-17-14-7-9-15(10-8-14)19(5)13(4)16(20)18-12(2)3/h12-15,17H,6-11H2,1-5H3,(H,18,20). The maximum absolute atomic E-state index is 12.1. The third-order valence-corrected chi connectivity index (χ3v) is 4.38. The number of hydrogen-bond acceptors (Lipinski definition) is 3. The van der Waals surface area contributed by atoms with Gasteiger partial charge < -0.3 is 10.6 Å². The Bertz CT molecular complexity index is 285. The summed E-state index contributed by atoms with van der Waals surface area (Å²) in [7, 11) is 2.09. The smallest absolute Gasteiger partial charge is 0.237 e. The summed E-state index contributed by atoms with van der Waals surface area (Å²) in [5.41, 5.74) is 0. The molecule has 0 bridgehead atoms. The van der Waals surface area contributed by atoms with E-state index in [2.05, 4.69) is 29.5 Å². The van der Waals surface area contributed by atoms with E-state index in [4.69, 9.17) is 0 Å². The van der Waals surface area contributed by atoms with Crippen LogP contribution in [0.2, 0.25) is 0 Å². The first-order chi connectivity index (χ1) is 9.45. The van der Waals surface area contributed by atoms with Crippen LogP contribution >= 0.6 is 0 Å². The van der Waals surface area contributed by atoms with Gasteiger partial charge in [-0.2, -0.15) is 0 Å². The van der Waals surface area contributed by atoms with Gasteiger partial charge in [0.25, 0.3) is 0 Å². The summed E-state index contributed by atoms with van der Waals surface area (Å²) in [5.74, 6) is 0.147. The van der Waals surface area contributed by atoms with E-state index in [0.717, 1.165) is 6.54 Å². The maximum atomic E-state index is 12.1. The molecule has 1 amide bonds. The second kappa shape index (κ2) is 8.63. The van der Waals surface area contributed by atoms with Crippen LogP contribution in [0.4, 0.5) is 0 Å². The molecule has 0 aromatic rings. The molecule has 4 heteroatoms. The van der Waals surface area contributed by atoms with Gasteiger partial charge in [0.2, 0.25) is 5.91 Å². The SMILES string of the molecule is CCCNC1CCC(N(C)C(C)C(=O)NC(C)C)CC1. The minimum absolute atomic E-state index is 0.0393. The van der Waals surface area contributed by atoms with Gasteiger partial charge in [-0.05, 0) is 66.5 Å². The molecular weight excluding hydrogens is 250 g/mol. The Labute approximate surface area is 124 Å². The molecule has 1 atom stereocenters. The first-order valence-corrected chi connectivity index (χ1v) is 8.21. The van der Waals surface area contributed by atoms with E-state index in [0.29, 0.717) is 12.1 Å². The third-order valence-electron chi connectivity index (χ3n) is 4.38. The van der Waals surface area contributed by atoms with Gasteiger partial charge in [-0.3, -0.25) is 9.69 Å². The van der Waals surface area contributed by atoms with Crippen molar-refractivity contribution in [2.75, 3.05) is 13.6 Å². The highest BCUT2D eigenvalue weighted by molar-refractivity contribution is 5.81. The summed E-state index contributed by atoms with van der Waals surface area (Å²) >= 11 is 0. The fourth-order valence-electron chi connectivity index (χ4n) is 2.94. The molecule has 1 rings (SSSR count). The third kappa shape index (κ3) is 5.41. The number of carbonyl (C=O) groups excluding carboxylic acids is 1. The lowest BCUT2D eigenvalue weighted by molar-refractivity contribution is -0.126. The van der Waals surface area contributed by atoms with Crippen LogP contribution in [0.5, 0.6) is 0 Å². The van der Waals surface area contributed by atoms with Gasteiger partial charge in [0.15, 0.2) is 0 Å². The summed E-state index contributed by atoms with van der Waals surface area (Å²) in [6, 6.07) is 1.40. The van der Waals surface area contributed by atoms with Crippen molar-refractivity contribution in [3.05, 3.63) is 0 Å². The van der Waals surface area contributed by atoms with Gasteiger partial charge in [-0.25, -0.2) is 0 Å². The molecule has 1 aliphatic rings. The topological polar surface area (TPSA) is 44.4 Å². The molecule has 1 fully saturated rings. The molecule has 20 heavy (non-hydrogen) atoms. The van der Waals surface area contributed by atoms with Crippen molar-refractivity contribution in [3.8, 4) is 0 Å². The molecule has 2 N–H and O–H groups in total. The minimum atomic E-state index is -0.0393. The Hall–Kier alpha value is -0.610. The highest BCUT2D eigenvalue weighted by Gasteiger charge is 2.28.